The third kappa shape index (κ3) is 4.90. The highest BCUT2D eigenvalue weighted by Crippen LogP contribution is 2.33. The third-order valence-electron chi connectivity index (χ3n) is 4.68. The number of hydrogen-bond donors (Lipinski definition) is 1. The molecule has 0 unspecified atom stereocenters. The van der Waals surface area contributed by atoms with Crippen LogP contribution in [-0.2, 0) is 16.4 Å². The fraction of sp³-hybridized carbons (Fsp3) is 0.0870. The summed E-state index contributed by atoms with van der Waals surface area (Å²) in [5.74, 6) is 1.04. The van der Waals surface area contributed by atoms with Crippen LogP contribution in [-0.4, -0.2) is 20.5 Å². The molecule has 0 saturated heterocycles. The van der Waals surface area contributed by atoms with Crippen LogP contribution in [0.3, 0.4) is 0 Å². The predicted octanol–water partition coefficient (Wildman–Crippen LogP) is 6.32. The van der Waals surface area contributed by atoms with Crippen LogP contribution in [0.5, 0.6) is 5.75 Å². The van der Waals surface area contributed by atoms with E-state index in [1.165, 1.54) is 12.1 Å². The molecule has 0 fully saturated rings. The minimum absolute atomic E-state index is 0.0849. The van der Waals surface area contributed by atoms with Crippen molar-refractivity contribution in [1.82, 2.24) is 4.98 Å². The molecule has 6 nitrogen and oxygen atoms in total. The highest BCUT2D eigenvalue weighted by molar-refractivity contribution is 9.10. The van der Waals surface area contributed by atoms with E-state index in [0.29, 0.717) is 12.1 Å². The predicted molar refractivity (Wildman–Crippen MR) is 130 cm³/mol. The molecule has 0 aliphatic carbocycles. The first-order valence-electron chi connectivity index (χ1n) is 9.51. The van der Waals surface area contributed by atoms with E-state index in [9.17, 15) is 8.42 Å². The van der Waals surface area contributed by atoms with Crippen LogP contribution < -0.4 is 10.1 Å². The molecular weight excluding hydrogens is 560 g/mol. The zero-order valence-corrected chi connectivity index (χ0v) is 20.9. The van der Waals surface area contributed by atoms with Crippen molar-refractivity contribution in [2.24, 2.45) is 0 Å². The third-order valence-corrected chi connectivity index (χ3v) is 7.41. The monoisotopic (exact) mass is 576 g/mol. The van der Waals surface area contributed by atoms with E-state index in [4.69, 9.17) is 9.15 Å². The first-order chi connectivity index (χ1) is 15.4. The topological polar surface area (TPSA) is 81.4 Å². The fourth-order valence-corrected chi connectivity index (χ4v) is 4.77. The molecule has 164 valence electrons. The Hall–Kier alpha value is -2.62. The van der Waals surface area contributed by atoms with Crippen LogP contribution in [0.2, 0.25) is 0 Å². The quantitative estimate of drug-likeness (QED) is 0.277. The molecular formula is C23H18Br2N2O4S. The highest BCUT2D eigenvalue weighted by Gasteiger charge is 2.28. The number of oxazole rings is 1. The number of rotatable bonds is 7. The van der Waals surface area contributed by atoms with Crippen molar-refractivity contribution < 1.29 is 17.6 Å². The van der Waals surface area contributed by atoms with Gasteiger partial charge in [0.2, 0.25) is 26.6 Å². The van der Waals surface area contributed by atoms with Crippen molar-refractivity contribution in [1.29, 1.82) is 0 Å². The van der Waals surface area contributed by atoms with E-state index in [-0.39, 0.29) is 21.7 Å². The maximum atomic E-state index is 13.4. The summed E-state index contributed by atoms with van der Waals surface area (Å²) in [4.78, 5) is 4.48. The Morgan fingerprint density at radius 3 is 2.09 bits per heavy atom. The molecule has 1 aromatic heterocycles. The van der Waals surface area contributed by atoms with Gasteiger partial charge in [-0.3, -0.25) is 0 Å². The average molecular weight is 578 g/mol. The number of hydrogen-bond acceptors (Lipinski definition) is 6. The number of nitrogens with zero attached hydrogens (tertiary/aromatic N) is 1. The summed E-state index contributed by atoms with van der Waals surface area (Å²) in [7, 11) is -2.31. The molecule has 4 rings (SSSR count). The lowest BCUT2D eigenvalue weighted by atomic mass is 10.2. The molecule has 0 aliphatic rings. The van der Waals surface area contributed by atoms with Crippen molar-refractivity contribution in [2.45, 2.75) is 16.5 Å². The van der Waals surface area contributed by atoms with Crippen LogP contribution in [0.4, 0.5) is 5.88 Å². The minimum Gasteiger partial charge on any atom is -0.497 e. The Morgan fingerprint density at radius 2 is 1.50 bits per heavy atom. The summed E-state index contributed by atoms with van der Waals surface area (Å²) in [6.07, 6.45) is 0. The van der Waals surface area contributed by atoms with Crippen molar-refractivity contribution in [3.63, 3.8) is 0 Å². The van der Waals surface area contributed by atoms with Crippen LogP contribution in [0.1, 0.15) is 5.56 Å². The normalized spacial score (nSPS) is 11.3. The van der Waals surface area contributed by atoms with Gasteiger partial charge >= 0.3 is 0 Å². The second kappa shape index (κ2) is 9.48. The van der Waals surface area contributed by atoms with Gasteiger partial charge in [-0.05, 0) is 66.2 Å². The maximum Gasteiger partial charge on any atom is 0.234 e. The number of nitrogens with one attached hydrogen (secondary N) is 1. The maximum absolute atomic E-state index is 13.4. The molecule has 0 saturated carbocycles. The molecule has 0 amide bonds. The van der Waals surface area contributed by atoms with Gasteiger partial charge in [-0.2, -0.15) is 4.98 Å². The first-order valence-corrected chi connectivity index (χ1v) is 12.6. The standard InChI is InChI=1S/C23H18Br2N2O4S/c1-30-19-10-2-15(3-11-19)14-26-22-23(32(28,29)20-12-8-18(25)9-13-20)27-21(31-22)16-4-6-17(24)7-5-16/h2-13,26H,14H2,1H3. The Balaban J connectivity index is 1.72. The Kier molecular flexibility index (Phi) is 6.68. The van der Waals surface area contributed by atoms with E-state index >= 15 is 0 Å². The number of methoxy groups -OCH3 is 1. The molecule has 0 bridgehead atoms. The highest BCUT2D eigenvalue weighted by atomic mass is 79.9. The number of aromatic nitrogens is 1. The molecule has 4 aromatic rings. The van der Waals surface area contributed by atoms with Crippen LogP contribution in [0.15, 0.2) is 96.1 Å². The van der Waals surface area contributed by atoms with Gasteiger partial charge in [-0.15, -0.1) is 0 Å². The SMILES string of the molecule is COc1ccc(CNc2oc(-c3ccc(Br)cc3)nc2S(=O)(=O)c2ccc(Br)cc2)cc1. The van der Waals surface area contributed by atoms with E-state index in [0.717, 1.165) is 20.3 Å². The van der Waals surface area contributed by atoms with E-state index in [2.05, 4.69) is 42.2 Å². The molecule has 32 heavy (non-hydrogen) atoms. The van der Waals surface area contributed by atoms with Crippen molar-refractivity contribution in [2.75, 3.05) is 12.4 Å². The number of halogens is 2. The fourth-order valence-electron chi connectivity index (χ4n) is 2.97. The number of ether oxygens (including phenoxy) is 1. The lowest BCUT2D eigenvalue weighted by Gasteiger charge is -2.07. The Bertz CT molecular complexity index is 1320. The number of benzene rings is 3. The Labute approximate surface area is 202 Å². The van der Waals surface area contributed by atoms with E-state index < -0.39 is 9.84 Å². The van der Waals surface area contributed by atoms with Crippen molar-refractivity contribution >= 4 is 47.6 Å². The van der Waals surface area contributed by atoms with Gasteiger partial charge in [0.1, 0.15) is 5.75 Å². The van der Waals surface area contributed by atoms with Gasteiger partial charge in [0.05, 0.1) is 12.0 Å². The van der Waals surface area contributed by atoms with Crippen molar-refractivity contribution in [3.05, 3.63) is 87.3 Å². The van der Waals surface area contributed by atoms with Gasteiger partial charge in [0, 0.05) is 21.1 Å². The number of anilines is 1. The lowest BCUT2D eigenvalue weighted by molar-refractivity contribution is 0.414. The molecule has 0 spiro atoms. The van der Waals surface area contributed by atoms with Gasteiger partial charge in [0.15, 0.2) is 0 Å². The van der Waals surface area contributed by atoms with Crippen molar-refractivity contribution in [3.8, 4) is 17.2 Å². The van der Waals surface area contributed by atoms with E-state index in [1.54, 1.807) is 31.4 Å². The van der Waals surface area contributed by atoms with Crippen LogP contribution in [0.25, 0.3) is 11.5 Å². The Morgan fingerprint density at radius 1 is 0.906 bits per heavy atom. The summed E-state index contributed by atoms with van der Waals surface area (Å²) in [5, 5.41) is 2.93. The van der Waals surface area contributed by atoms with Gasteiger partial charge in [0.25, 0.3) is 0 Å². The molecule has 0 atom stereocenters. The second-order valence-electron chi connectivity index (χ2n) is 6.82. The van der Waals surface area contributed by atoms with Crippen LogP contribution in [0, 0.1) is 0 Å². The smallest absolute Gasteiger partial charge is 0.234 e. The zero-order chi connectivity index (χ0) is 22.7. The van der Waals surface area contributed by atoms with Gasteiger partial charge < -0.3 is 14.5 Å². The summed E-state index contributed by atoms with van der Waals surface area (Å²) in [5.41, 5.74) is 1.59. The average Bonchev–Trinajstić information content (AvgIpc) is 3.24. The lowest BCUT2D eigenvalue weighted by Crippen LogP contribution is -2.07. The minimum atomic E-state index is -3.91. The number of sulfone groups is 1. The zero-order valence-electron chi connectivity index (χ0n) is 16.9. The summed E-state index contributed by atoms with van der Waals surface area (Å²) in [6, 6.07) is 21.1. The van der Waals surface area contributed by atoms with Gasteiger partial charge in [-0.1, -0.05) is 44.0 Å². The van der Waals surface area contributed by atoms with Gasteiger partial charge in [-0.25, -0.2) is 8.42 Å². The molecule has 0 radical (unpaired) electrons. The summed E-state index contributed by atoms with van der Waals surface area (Å²) in [6.45, 7) is 0.349. The molecule has 1 heterocycles. The van der Waals surface area contributed by atoms with Crippen LogP contribution >= 0.6 is 31.9 Å². The first kappa shape index (κ1) is 22.6. The largest absolute Gasteiger partial charge is 0.497 e. The second-order valence-corrected chi connectivity index (χ2v) is 10.5. The summed E-state index contributed by atoms with van der Waals surface area (Å²) >= 11 is 6.73. The molecule has 1 N–H and O–H groups in total. The molecule has 0 aliphatic heterocycles. The van der Waals surface area contributed by atoms with E-state index in [1.807, 2.05) is 36.4 Å². The molecule has 3 aromatic carbocycles. The summed E-state index contributed by atoms with van der Waals surface area (Å²) < 4.78 is 39.5. The molecule has 9 heteroatoms.